The van der Waals surface area contributed by atoms with Crippen molar-refractivity contribution >= 4 is 12.0 Å². The molecule has 1 heterocycles. The molecule has 3 rings (SSSR count). The van der Waals surface area contributed by atoms with Gasteiger partial charge in [-0.1, -0.05) is 24.3 Å². The molecule has 0 saturated carbocycles. The van der Waals surface area contributed by atoms with Crippen LogP contribution in [0.3, 0.4) is 0 Å². The van der Waals surface area contributed by atoms with E-state index in [-0.39, 0.29) is 18.8 Å². The third-order valence-electron chi connectivity index (χ3n) is 4.85. The van der Waals surface area contributed by atoms with E-state index in [0.717, 1.165) is 11.6 Å². The summed E-state index contributed by atoms with van der Waals surface area (Å²) >= 11 is 0. The average molecular weight is 505 g/mol. The van der Waals surface area contributed by atoms with Crippen molar-refractivity contribution in [3.05, 3.63) is 65.9 Å². The fourth-order valence-corrected chi connectivity index (χ4v) is 3.17. The molecule has 36 heavy (non-hydrogen) atoms. The van der Waals surface area contributed by atoms with Crippen molar-refractivity contribution in [2.45, 2.75) is 39.1 Å². The molecule has 2 amide bonds. The van der Waals surface area contributed by atoms with Gasteiger partial charge >= 0.3 is 12.3 Å². The molecule has 1 aromatic heterocycles. The lowest BCUT2D eigenvalue weighted by molar-refractivity contribution is -0.141. The minimum absolute atomic E-state index is 0.167. The van der Waals surface area contributed by atoms with Crippen LogP contribution in [0.2, 0.25) is 0 Å². The Balaban J connectivity index is 1.70. The molecule has 0 bridgehead atoms. The van der Waals surface area contributed by atoms with Crippen molar-refractivity contribution in [2.75, 3.05) is 13.7 Å². The van der Waals surface area contributed by atoms with Crippen LogP contribution in [-0.4, -0.2) is 41.0 Å². The van der Waals surface area contributed by atoms with Gasteiger partial charge in [0.1, 0.15) is 17.9 Å². The number of benzene rings is 2. The van der Waals surface area contributed by atoms with Gasteiger partial charge in [0, 0.05) is 12.1 Å². The van der Waals surface area contributed by atoms with Gasteiger partial charge in [0.2, 0.25) is 5.91 Å². The van der Waals surface area contributed by atoms with E-state index in [4.69, 9.17) is 9.47 Å². The number of aromatic nitrogens is 2. The van der Waals surface area contributed by atoms with Gasteiger partial charge in [-0.05, 0) is 56.7 Å². The first-order chi connectivity index (χ1) is 16.9. The second-order valence-electron chi connectivity index (χ2n) is 8.85. The van der Waals surface area contributed by atoms with Gasteiger partial charge in [-0.2, -0.15) is 18.3 Å². The van der Waals surface area contributed by atoms with Crippen LogP contribution in [0.25, 0.3) is 16.9 Å². The summed E-state index contributed by atoms with van der Waals surface area (Å²) in [5, 5.41) is 8.80. The van der Waals surface area contributed by atoms with Crippen molar-refractivity contribution in [3.8, 4) is 22.7 Å². The molecule has 0 fully saturated rings. The number of halogens is 3. The monoisotopic (exact) mass is 504 g/mol. The number of alkyl carbamates (subject to hydrolysis) is 1. The van der Waals surface area contributed by atoms with Gasteiger partial charge in [-0.25, -0.2) is 9.48 Å². The van der Waals surface area contributed by atoms with Crippen molar-refractivity contribution in [3.63, 3.8) is 0 Å². The second kappa shape index (κ2) is 10.7. The number of carbonyl (C=O) groups excluding carboxylic acids is 2. The smallest absolute Gasteiger partial charge is 0.435 e. The predicted octanol–water partition coefficient (Wildman–Crippen LogP) is 4.71. The first-order valence-corrected chi connectivity index (χ1v) is 11.0. The summed E-state index contributed by atoms with van der Waals surface area (Å²) < 4.78 is 51.6. The second-order valence-corrected chi connectivity index (χ2v) is 8.85. The molecule has 0 aliphatic heterocycles. The highest BCUT2D eigenvalue weighted by Gasteiger charge is 2.35. The molecule has 3 aromatic rings. The number of nitrogens with one attached hydrogen (secondary N) is 2. The summed E-state index contributed by atoms with van der Waals surface area (Å²) in [6.45, 7) is 5.05. The van der Waals surface area contributed by atoms with Crippen LogP contribution in [0.15, 0.2) is 54.6 Å². The van der Waals surface area contributed by atoms with Crippen molar-refractivity contribution in [1.29, 1.82) is 0 Å². The Hall–Kier alpha value is -4.02. The zero-order valence-electron chi connectivity index (χ0n) is 20.3. The maximum absolute atomic E-state index is 13.4. The van der Waals surface area contributed by atoms with Crippen molar-refractivity contribution in [1.82, 2.24) is 20.4 Å². The van der Waals surface area contributed by atoms with Gasteiger partial charge < -0.3 is 20.1 Å². The molecule has 0 atom stereocenters. The summed E-state index contributed by atoms with van der Waals surface area (Å²) in [4.78, 5) is 23.6. The van der Waals surface area contributed by atoms with E-state index in [2.05, 4.69) is 15.7 Å². The van der Waals surface area contributed by atoms with Gasteiger partial charge in [0.15, 0.2) is 5.69 Å². The molecule has 0 spiro atoms. The van der Waals surface area contributed by atoms with E-state index in [0.29, 0.717) is 17.0 Å². The Bertz CT molecular complexity index is 1200. The van der Waals surface area contributed by atoms with Crippen LogP contribution < -0.4 is 15.4 Å². The fourth-order valence-electron chi connectivity index (χ4n) is 3.17. The van der Waals surface area contributed by atoms with E-state index in [1.807, 2.05) is 0 Å². The Morgan fingerprint density at radius 2 is 1.61 bits per heavy atom. The highest BCUT2D eigenvalue weighted by molar-refractivity contribution is 5.82. The largest absolute Gasteiger partial charge is 0.497 e. The third kappa shape index (κ3) is 7.24. The lowest BCUT2D eigenvalue weighted by Gasteiger charge is -2.19. The Kier molecular flexibility index (Phi) is 7.91. The summed E-state index contributed by atoms with van der Waals surface area (Å²) in [7, 11) is 1.50. The first-order valence-electron chi connectivity index (χ1n) is 11.0. The summed E-state index contributed by atoms with van der Waals surface area (Å²) in [5.74, 6) is 0.147. The van der Waals surface area contributed by atoms with Crippen LogP contribution in [0.5, 0.6) is 5.75 Å². The lowest BCUT2D eigenvalue weighted by atomic mass is 10.1. The highest BCUT2D eigenvalue weighted by Crippen LogP contribution is 2.33. The van der Waals surface area contributed by atoms with Gasteiger partial charge in [-0.15, -0.1) is 0 Å². The molecule has 0 unspecified atom stereocenters. The molecular weight excluding hydrogens is 477 g/mol. The van der Waals surface area contributed by atoms with Crippen LogP contribution >= 0.6 is 0 Å². The number of rotatable bonds is 7. The van der Waals surface area contributed by atoms with Gasteiger partial charge in [-0.3, -0.25) is 4.79 Å². The first kappa shape index (κ1) is 26.6. The standard InChI is InChI=1S/C25H27F3N4O4/c1-24(2,3)36-23(34)30-15-22(33)29-14-16-5-7-17(8-6-16)20-13-21(25(26,27)28)31-32(20)18-9-11-19(35-4)12-10-18/h5-13H,14-15H2,1-4H3,(H,29,33)(H,30,34). The molecule has 192 valence electrons. The number of carbonyl (C=O) groups is 2. The molecule has 2 aromatic carbocycles. The molecule has 0 radical (unpaired) electrons. The topological polar surface area (TPSA) is 94.5 Å². The lowest BCUT2D eigenvalue weighted by Crippen LogP contribution is -2.39. The van der Waals surface area contributed by atoms with E-state index in [1.54, 1.807) is 69.3 Å². The maximum atomic E-state index is 13.4. The van der Waals surface area contributed by atoms with Gasteiger partial charge in [0.25, 0.3) is 0 Å². The van der Waals surface area contributed by atoms with Crippen molar-refractivity contribution < 1.29 is 32.2 Å². The average Bonchev–Trinajstić information content (AvgIpc) is 3.27. The number of hydrogen-bond acceptors (Lipinski definition) is 5. The minimum Gasteiger partial charge on any atom is -0.497 e. The predicted molar refractivity (Wildman–Crippen MR) is 127 cm³/mol. The zero-order chi connectivity index (χ0) is 26.5. The molecule has 2 N–H and O–H groups in total. The highest BCUT2D eigenvalue weighted by atomic mass is 19.4. The third-order valence-corrected chi connectivity index (χ3v) is 4.85. The number of nitrogens with zero attached hydrogens (tertiary/aromatic N) is 2. The Morgan fingerprint density at radius 1 is 0.972 bits per heavy atom. The molecule has 8 nitrogen and oxygen atoms in total. The van der Waals surface area contributed by atoms with Crippen LogP contribution in [0, 0.1) is 0 Å². The summed E-state index contributed by atoms with van der Waals surface area (Å²) in [5.41, 5.74) is 0.236. The van der Waals surface area contributed by atoms with Crippen LogP contribution in [0.1, 0.15) is 32.0 Å². The van der Waals surface area contributed by atoms with Crippen molar-refractivity contribution in [2.24, 2.45) is 0 Å². The SMILES string of the molecule is COc1ccc(-n2nc(C(F)(F)F)cc2-c2ccc(CNC(=O)CNC(=O)OC(C)(C)C)cc2)cc1. The Labute approximate surface area is 206 Å². The number of ether oxygens (including phenoxy) is 2. The van der Waals surface area contributed by atoms with E-state index in [1.165, 1.54) is 11.8 Å². The van der Waals surface area contributed by atoms with Crippen LogP contribution in [0.4, 0.5) is 18.0 Å². The molecular formula is C25H27F3N4O4. The number of amides is 2. The summed E-state index contributed by atoms with van der Waals surface area (Å²) in [6, 6.07) is 14.2. The Morgan fingerprint density at radius 3 is 2.17 bits per heavy atom. The molecule has 11 heteroatoms. The molecule has 0 saturated heterocycles. The summed E-state index contributed by atoms with van der Waals surface area (Å²) in [6.07, 6.45) is -5.31. The number of methoxy groups -OCH3 is 1. The molecule has 0 aliphatic carbocycles. The van der Waals surface area contributed by atoms with Gasteiger partial charge in [0.05, 0.1) is 18.5 Å². The molecule has 0 aliphatic rings. The number of alkyl halides is 3. The van der Waals surface area contributed by atoms with Crippen LogP contribution in [-0.2, 0) is 22.3 Å². The fraction of sp³-hybridized carbons (Fsp3) is 0.320. The van der Waals surface area contributed by atoms with E-state index >= 15 is 0 Å². The van der Waals surface area contributed by atoms with E-state index < -0.39 is 29.5 Å². The van der Waals surface area contributed by atoms with E-state index in [9.17, 15) is 22.8 Å². The number of hydrogen-bond donors (Lipinski definition) is 2. The quantitative estimate of drug-likeness (QED) is 0.486. The normalized spacial score (nSPS) is 11.6. The minimum atomic E-state index is -4.61. The maximum Gasteiger partial charge on any atom is 0.435 e. The zero-order valence-corrected chi connectivity index (χ0v) is 20.3.